The minimum Gasteiger partial charge on any atom is -0.368 e. The summed E-state index contributed by atoms with van der Waals surface area (Å²) in [5, 5.41) is 4.10. The van der Waals surface area contributed by atoms with Gasteiger partial charge in [-0.05, 0) is 19.9 Å². The van der Waals surface area contributed by atoms with Gasteiger partial charge in [0.05, 0.1) is 0 Å². The number of nitrogens with zero attached hydrogens (tertiary/aromatic N) is 1. The maximum atomic E-state index is 10.3. The molecule has 0 unspecified atom stereocenters. The molecule has 0 atom stereocenters. The van der Waals surface area contributed by atoms with Crippen LogP contribution in [0.1, 0.15) is 26.7 Å². The van der Waals surface area contributed by atoms with Gasteiger partial charge in [-0.25, -0.2) is 0 Å². The van der Waals surface area contributed by atoms with Crippen LogP contribution >= 0.6 is 0 Å². The SMILES string of the molecule is CC(=O)ON1CCCC1.CN.CNC(C)=O. The van der Waals surface area contributed by atoms with Gasteiger partial charge in [0, 0.05) is 34.0 Å². The van der Waals surface area contributed by atoms with Gasteiger partial charge in [-0.2, -0.15) is 0 Å². The number of nitrogens with two attached hydrogens (primary N) is 1. The minimum absolute atomic E-state index is 0.00463. The number of hydrogen-bond acceptors (Lipinski definition) is 5. The number of nitrogens with one attached hydrogen (secondary N) is 1. The van der Waals surface area contributed by atoms with E-state index in [0.29, 0.717) is 0 Å². The van der Waals surface area contributed by atoms with Gasteiger partial charge >= 0.3 is 5.97 Å². The molecule has 96 valence electrons. The molecule has 1 heterocycles. The van der Waals surface area contributed by atoms with Gasteiger partial charge in [-0.1, -0.05) is 0 Å². The molecule has 1 amide bonds. The van der Waals surface area contributed by atoms with E-state index in [-0.39, 0.29) is 11.9 Å². The number of hydroxylamine groups is 2. The van der Waals surface area contributed by atoms with Crippen molar-refractivity contribution in [3.8, 4) is 0 Å². The van der Waals surface area contributed by atoms with Gasteiger partial charge in [0.2, 0.25) is 5.91 Å². The first-order valence-electron chi connectivity index (χ1n) is 5.25. The molecule has 1 aliphatic heterocycles. The van der Waals surface area contributed by atoms with E-state index in [1.807, 2.05) is 0 Å². The Morgan fingerprint density at radius 2 is 1.56 bits per heavy atom. The van der Waals surface area contributed by atoms with Crippen LogP contribution in [0.25, 0.3) is 0 Å². The van der Waals surface area contributed by atoms with Gasteiger partial charge in [-0.15, -0.1) is 5.06 Å². The first-order chi connectivity index (χ1) is 7.56. The molecule has 0 spiro atoms. The zero-order chi connectivity index (χ0) is 13.0. The molecule has 1 fully saturated rings. The van der Waals surface area contributed by atoms with E-state index in [9.17, 15) is 9.59 Å². The first kappa shape index (κ1) is 17.3. The lowest BCUT2D eigenvalue weighted by atomic mass is 10.4. The Hall–Kier alpha value is -1.14. The predicted molar refractivity (Wildman–Crippen MR) is 62.4 cm³/mol. The summed E-state index contributed by atoms with van der Waals surface area (Å²) in [4.78, 5) is 24.8. The first-order valence-corrected chi connectivity index (χ1v) is 5.25. The summed E-state index contributed by atoms with van der Waals surface area (Å²) >= 11 is 0. The average Bonchev–Trinajstić information content (AvgIpc) is 2.73. The molecule has 0 saturated carbocycles. The van der Waals surface area contributed by atoms with E-state index >= 15 is 0 Å². The summed E-state index contributed by atoms with van der Waals surface area (Å²) in [6.45, 7) is 4.71. The monoisotopic (exact) mass is 233 g/mol. The van der Waals surface area contributed by atoms with Gasteiger partial charge in [0.1, 0.15) is 0 Å². The normalized spacial score (nSPS) is 13.8. The maximum absolute atomic E-state index is 10.3. The van der Waals surface area contributed by atoms with Crippen molar-refractivity contribution in [1.29, 1.82) is 0 Å². The summed E-state index contributed by atoms with van der Waals surface area (Å²) < 4.78 is 0. The summed E-state index contributed by atoms with van der Waals surface area (Å²) in [6, 6.07) is 0. The molecule has 1 saturated heterocycles. The van der Waals surface area contributed by atoms with Crippen LogP contribution < -0.4 is 11.1 Å². The third kappa shape index (κ3) is 12.9. The molecule has 0 aliphatic carbocycles. The van der Waals surface area contributed by atoms with E-state index in [1.54, 1.807) is 12.1 Å². The molecule has 1 rings (SSSR count). The maximum Gasteiger partial charge on any atom is 0.322 e. The summed E-state index contributed by atoms with van der Waals surface area (Å²) in [5.41, 5.74) is 4.50. The molecule has 6 heteroatoms. The number of rotatable bonds is 1. The smallest absolute Gasteiger partial charge is 0.322 e. The Kier molecular flexibility index (Phi) is 12.9. The molecule has 3 N–H and O–H groups in total. The summed E-state index contributed by atoms with van der Waals surface area (Å²) in [7, 11) is 3.10. The fraction of sp³-hybridized carbons (Fsp3) is 0.800. The van der Waals surface area contributed by atoms with Crippen LogP contribution in [0, 0.1) is 0 Å². The summed E-state index contributed by atoms with van der Waals surface area (Å²) in [6.07, 6.45) is 2.29. The number of carbonyl (C=O) groups is 2. The standard InChI is InChI=1S/C6H11NO2.C3H7NO.CH5N/c1-6(8)9-7-4-2-3-5-7;1-3(5)4-2;1-2/h2-5H2,1H3;1-2H3,(H,4,5);2H2,1H3. The molecule has 0 bridgehead atoms. The van der Waals surface area contributed by atoms with E-state index in [2.05, 4.69) is 11.1 Å². The quantitative estimate of drug-likeness (QED) is 0.660. The number of carbonyl (C=O) groups excluding carboxylic acids is 2. The molecule has 0 aromatic heterocycles. The highest BCUT2D eigenvalue weighted by molar-refractivity contribution is 5.72. The molecular formula is C10H23N3O3. The van der Waals surface area contributed by atoms with Crippen LogP contribution in [-0.2, 0) is 14.4 Å². The largest absolute Gasteiger partial charge is 0.368 e. The second kappa shape index (κ2) is 11.9. The molecule has 0 aromatic carbocycles. The second-order valence-corrected chi connectivity index (χ2v) is 3.03. The van der Waals surface area contributed by atoms with Crippen molar-refractivity contribution in [3.05, 3.63) is 0 Å². The van der Waals surface area contributed by atoms with Gasteiger partial charge < -0.3 is 15.9 Å². The van der Waals surface area contributed by atoms with E-state index in [1.165, 1.54) is 20.9 Å². The molecular weight excluding hydrogens is 210 g/mol. The highest BCUT2D eigenvalue weighted by Crippen LogP contribution is 2.06. The molecule has 1 aliphatic rings. The van der Waals surface area contributed by atoms with Gasteiger partial charge in [0.15, 0.2) is 0 Å². The van der Waals surface area contributed by atoms with Crippen LogP contribution in [0.5, 0.6) is 0 Å². The Bertz CT molecular complexity index is 192. The average molecular weight is 233 g/mol. The van der Waals surface area contributed by atoms with Crippen molar-refractivity contribution in [2.45, 2.75) is 26.7 Å². The van der Waals surface area contributed by atoms with E-state index in [0.717, 1.165) is 25.9 Å². The van der Waals surface area contributed by atoms with E-state index < -0.39 is 0 Å². The predicted octanol–water partition coefficient (Wildman–Crippen LogP) is -0.112. The van der Waals surface area contributed by atoms with Crippen LogP contribution in [0.3, 0.4) is 0 Å². The van der Waals surface area contributed by atoms with Gasteiger partial charge in [0.25, 0.3) is 0 Å². The van der Waals surface area contributed by atoms with Crippen molar-refractivity contribution in [2.24, 2.45) is 5.73 Å². The molecule has 6 nitrogen and oxygen atoms in total. The van der Waals surface area contributed by atoms with Crippen molar-refractivity contribution in [2.75, 3.05) is 27.2 Å². The zero-order valence-electron chi connectivity index (χ0n) is 10.6. The Morgan fingerprint density at radius 1 is 1.19 bits per heavy atom. The minimum atomic E-state index is -0.211. The third-order valence-electron chi connectivity index (χ3n) is 1.67. The van der Waals surface area contributed by atoms with Crippen LogP contribution in [0.4, 0.5) is 0 Å². The third-order valence-corrected chi connectivity index (χ3v) is 1.67. The van der Waals surface area contributed by atoms with Crippen molar-refractivity contribution in [1.82, 2.24) is 10.4 Å². The van der Waals surface area contributed by atoms with Crippen LogP contribution in [0.2, 0.25) is 0 Å². The topological polar surface area (TPSA) is 84.7 Å². The van der Waals surface area contributed by atoms with Crippen LogP contribution in [0.15, 0.2) is 0 Å². The Balaban J connectivity index is 0. The lowest BCUT2D eigenvalue weighted by Gasteiger charge is -2.11. The van der Waals surface area contributed by atoms with Crippen LogP contribution in [-0.4, -0.2) is 44.1 Å². The Morgan fingerprint density at radius 3 is 1.81 bits per heavy atom. The molecule has 16 heavy (non-hydrogen) atoms. The van der Waals surface area contributed by atoms with Crippen molar-refractivity contribution >= 4 is 11.9 Å². The summed E-state index contributed by atoms with van der Waals surface area (Å²) in [5.74, 6) is -0.207. The second-order valence-electron chi connectivity index (χ2n) is 3.03. The fourth-order valence-corrected chi connectivity index (χ4v) is 0.961. The Labute approximate surface area is 97.1 Å². The zero-order valence-corrected chi connectivity index (χ0v) is 10.6. The van der Waals surface area contributed by atoms with Crippen molar-refractivity contribution in [3.63, 3.8) is 0 Å². The highest BCUT2D eigenvalue weighted by atomic mass is 16.7. The highest BCUT2D eigenvalue weighted by Gasteiger charge is 2.13. The van der Waals surface area contributed by atoms with E-state index in [4.69, 9.17) is 4.84 Å². The number of amides is 1. The van der Waals surface area contributed by atoms with Gasteiger partial charge in [-0.3, -0.25) is 9.59 Å². The number of hydrogen-bond donors (Lipinski definition) is 2. The lowest BCUT2D eigenvalue weighted by Crippen LogP contribution is -2.22. The fourth-order valence-electron chi connectivity index (χ4n) is 0.961. The van der Waals surface area contributed by atoms with Crippen molar-refractivity contribution < 1.29 is 14.4 Å². The molecule has 0 aromatic rings. The lowest BCUT2D eigenvalue weighted by molar-refractivity contribution is -0.182. The molecule has 0 radical (unpaired) electrons.